The summed E-state index contributed by atoms with van der Waals surface area (Å²) in [5.74, 6) is 0.0507. The van der Waals surface area contributed by atoms with E-state index in [0.717, 1.165) is 0 Å². The van der Waals surface area contributed by atoms with Gasteiger partial charge in [0.1, 0.15) is 0 Å². The first-order valence-electron chi connectivity index (χ1n) is 5.59. The molecule has 2 unspecified atom stereocenters. The standard InChI is InChI=1S/C12H15ClN2O2/c13-10-4-2-1-3-9(10)11(16)7-14-8-5-12(17)15-6-8/h1-4,8,11,14,16H,5-7H2,(H,15,17). The molecule has 1 aliphatic heterocycles. The van der Waals surface area contributed by atoms with E-state index in [9.17, 15) is 9.90 Å². The molecule has 5 heteroatoms. The number of nitrogens with one attached hydrogen (secondary N) is 2. The third-order valence-corrected chi connectivity index (χ3v) is 3.19. The summed E-state index contributed by atoms with van der Waals surface area (Å²) < 4.78 is 0. The van der Waals surface area contributed by atoms with E-state index >= 15 is 0 Å². The van der Waals surface area contributed by atoms with Gasteiger partial charge in [0.25, 0.3) is 0 Å². The van der Waals surface area contributed by atoms with Gasteiger partial charge in [-0.1, -0.05) is 29.8 Å². The molecular weight excluding hydrogens is 240 g/mol. The van der Waals surface area contributed by atoms with Crippen LogP contribution in [0.2, 0.25) is 5.02 Å². The first-order valence-corrected chi connectivity index (χ1v) is 5.97. The van der Waals surface area contributed by atoms with Gasteiger partial charge in [0.2, 0.25) is 5.91 Å². The number of amides is 1. The molecule has 1 aliphatic rings. The molecule has 0 aromatic heterocycles. The van der Waals surface area contributed by atoms with Gasteiger partial charge < -0.3 is 15.7 Å². The smallest absolute Gasteiger partial charge is 0.221 e. The Labute approximate surface area is 105 Å². The molecule has 0 bridgehead atoms. The van der Waals surface area contributed by atoms with Gasteiger partial charge in [-0.3, -0.25) is 4.79 Å². The van der Waals surface area contributed by atoms with Crippen molar-refractivity contribution in [3.05, 3.63) is 34.9 Å². The number of hydrogen-bond acceptors (Lipinski definition) is 3. The lowest BCUT2D eigenvalue weighted by Gasteiger charge is -2.16. The average Bonchev–Trinajstić information content (AvgIpc) is 2.73. The van der Waals surface area contributed by atoms with E-state index < -0.39 is 6.10 Å². The number of carbonyl (C=O) groups excluding carboxylic acids is 1. The van der Waals surface area contributed by atoms with Gasteiger partial charge >= 0.3 is 0 Å². The largest absolute Gasteiger partial charge is 0.387 e. The molecule has 1 heterocycles. The van der Waals surface area contributed by atoms with Crippen molar-refractivity contribution < 1.29 is 9.90 Å². The van der Waals surface area contributed by atoms with E-state index in [4.69, 9.17) is 11.6 Å². The van der Waals surface area contributed by atoms with E-state index in [2.05, 4.69) is 10.6 Å². The van der Waals surface area contributed by atoms with Gasteiger partial charge in [0.15, 0.2) is 0 Å². The fraction of sp³-hybridized carbons (Fsp3) is 0.417. The van der Waals surface area contributed by atoms with Crippen molar-refractivity contribution in [3.63, 3.8) is 0 Å². The summed E-state index contributed by atoms with van der Waals surface area (Å²) in [4.78, 5) is 11.0. The van der Waals surface area contributed by atoms with Crippen LogP contribution < -0.4 is 10.6 Å². The van der Waals surface area contributed by atoms with Crippen LogP contribution in [0.15, 0.2) is 24.3 Å². The van der Waals surface area contributed by atoms with Crippen LogP contribution in [0.25, 0.3) is 0 Å². The summed E-state index contributed by atoms with van der Waals surface area (Å²) >= 11 is 5.98. The Morgan fingerprint density at radius 2 is 2.29 bits per heavy atom. The highest BCUT2D eigenvalue weighted by Gasteiger charge is 2.22. The normalized spacial score (nSPS) is 21.3. The van der Waals surface area contributed by atoms with E-state index in [1.807, 2.05) is 12.1 Å². The van der Waals surface area contributed by atoms with Crippen molar-refractivity contribution in [2.45, 2.75) is 18.6 Å². The second kappa shape index (κ2) is 5.49. The lowest BCUT2D eigenvalue weighted by atomic mass is 10.1. The first-order chi connectivity index (χ1) is 8.16. The predicted octanol–water partition coefficient (Wildman–Crippen LogP) is 0.851. The fourth-order valence-electron chi connectivity index (χ4n) is 1.88. The van der Waals surface area contributed by atoms with Crippen LogP contribution in [0.5, 0.6) is 0 Å². The molecule has 1 amide bonds. The maximum absolute atomic E-state index is 11.0. The van der Waals surface area contributed by atoms with Crippen LogP contribution in [-0.4, -0.2) is 30.1 Å². The summed E-state index contributed by atoms with van der Waals surface area (Å²) in [6.45, 7) is 1.01. The molecule has 0 spiro atoms. The zero-order valence-electron chi connectivity index (χ0n) is 9.32. The van der Waals surface area contributed by atoms with E-state index in [-0.39, 0.29) is 11.9 Å². The van der Waals surface area contributed by atoms with E-state index in [1.54, 1.807) is 12.1 Å². The van der Waals surface area contributed by atoms with Crippen LogP contribution in [0.1, 0.15) is 18.1 Å². The van der Waals surface area contributed by atoms with Crippen molar-refractivity contribution in [1.29, 1.82) is 0 Å². The molecule has 1 aromatic carbocycles. The second-order valence-corrected chi connectivity index (χ2v) is 4.56. The third-order valence-electron chi connectivity index (χ3n) is 2.84. The van der Waals surface area contributed by atoms with E-state index in [1.165, 1.54) is 0 Å². The highest BCUT2D eigenvalue weighted by molar-refractivity contribution is 6.31. The minimum Gasteiger partial charge on any atom is -0.387 e. The monoisotopic (exact) mass is 254 g/mol. The molecule has 2 atom stereocenters. The summed E-state index contributed by atoms with van der Waals surface area (Å²) in [6.07, 6.45) is -0.186. The second-order valence-electron chi connectivity index (χ2n) is 4.15. The van der Waals surface area contributed by atoms with Crippen molar-refractivity contribution >= 4 is 17.5 Å². The van der Waals surface area contributed by atoms with Crippen molar-refractivity contribution in [3.8, 4) is 0 Å². The first kappa shape index (κ1) is 12.4. The van der Waals surface area contributed by atoms with E-state index in [0.29, 0.717) is 30.1 Å². The Morgan fingerprint density at radius 3 is 2.94 bits per heavy atom. The zero-order valence-corrected chi connectivity index (χ0v) is 10.1. The maximum atomic E-state index is 11.0. The molecule has 2 rings (SSSR count). The fourth-order valence-corrected chi connectivity index (χ4v) is 2.14. The Balaban J connectivity index is 1.87. The average molecular weight is 255 g/mol. The van der Waals surface area contributed by atoms with Crippen LogP contribution in [0.4, 0.5) is 0 Å². The Hall–Kier alpha value is -1.10. The van der Waals surface area contributed by atoms with Gasteiger partial charge in [-0.2, -0.15) is 0 Å². The summed E-state index contributed by atoms with van der Waals surface area (Å²) in [5.41, 5.74) is 0.707. The SMILES string of the molecule is O=C1CC(NCC(O)c2ccccc2Cl)CN1. The Kier molecular flexibility index (Phi) is 3.99. The summed E-state index contributed by atoms with van der Waals surface area (Å²) in [5, 5.41) is 16.4. The van der Waals surface area contributed by atoms with Gasteiger partial charge in [-0.05, 0) is 6.07 Å². The Morgan fingerprint density at radius 1 is 1.53 bits per heavy atom. The van der Waals surface area contributed by atoms with Crippen LogP contribution in [0, 0.1) is 0 Å². The molecule has 1 fully saturated rings. The Bertz CT molecular complexity index is 411. The molecule has 4 nitrogen and oxygen atoms in total. The zero-order chi connectivity index (χ0) is 12.3. The highest BCUT2D eigenvalue weighted by Crippen LogP contribution is 2.22. The van der Waals surface area contributed by atoms with Crippen molar-refractivity contribution in [2.75, 3.05) is 13.1 Å². The molecular formula is C12H15ClN2O2. The predicted molar refractivity (Wildman–Crippen MR) is 65.8 cm³/mol. The van der Waals surface area contributed by atoms with Gasteiger partial charge in [-0.15, -0.1) is 0 Å². The van der Waals surface area contributed by atoms with Crippen LogP contribution in [0.3, 0.4) is 0 Å². The number of benzene rings is 1. The molecule has 92 valence electrons. The lowest BCUT2D eigenvalue weighted by Crippen LogP contribution is -2.34. The van der Waals surface area contributed by atoms with Gasteiger partial charge in [0, 0.05) is 36.1 Å². The van der Waals surface area contributed by atoms with Crippen LogP contribution >= 0.6 is 11.6 Å². The number of carbonyl (C=O) groups is 1. The number of halogens is 1. The molecule has 3 N–H and O–H groups in total. The minimum absolute atomic E-state index is 0.0507. The topological polar surface area (TPSA) is 61.4 Å². The molecule has 17 heavy (non-hydrogen) atoms. The minimum atomic E-state index is -0.653. The van der Waals surface area contributed by atoms with Gasteiger partial charge in [0.05, 0.1) is 6.10 Å². The molecule has 1 saturated heterocycles. The maximum Gasteiger partial charge on any atom is 0.221 e. The molecule has 1 aromatic rings. The quantitative estimate of drug-likeness (QED) is 0.747. The summed E-state index contributed by atoms with van der Waals surface area (Å²) in [6, 6.07) is 7.31. The lowest BCUT2D eigenvalue weighted by molar-refractivity contribution is -0.119. The number of hydrogen-bond donors (Lipinski definition) is 3. The molecule has 0 radical (unpaired) electrons. The summed E-state index contributed by atoms with van der Waals surface area (Å²) in [7, 11) is 0. The number of aliphatic hydroxyl groups excluding tert-OH is 1. The number of aliphatic hydroxyl groups is 1. The molecule has 0 saturated carbocycles. The molecule has 0 aliphatic carbocycles. The van der Waals surface area contributed by atoms with Gasteiger partial charge in [-0.25, -0.2) is 0 Å². The highest BCUT2D eigenvalue weighted by atomic mass is 35.5. The van der Waals surface area contributed by atoms with Crippen molar-refractivity contribution in [2.24, 2.45) is 0 Å². The third kappa shape index (κ3) is 3.19. The van der Waals surface area contributed by atoms with Crippen molar-refractivity contribution in [1.82, 2.24) is 10.6 Å². The number of rotatable bonds is 4. The van der Waals surface area contributed by atoms with Crippen LogP contribution in [-0.2, 0) is 4.79 Å².